The van der Waals surface area contributed by atoms with E-state index in [9.17, 15) is 0 Å². The molecule has 0 aliphatic carbocycles. The van der Waals surface area contributed by atoms with Gasteiger partial charge in [0.15, 0.2) is 8.24 Å². The van der Waals surface area contributed by atoms with E-state index < -0.39 is 8.24 Å². The van der Waals surface area contributed by atoms with Crippen LogP contribution < -0.4 is 0 Å². The molecule has 0 amide bonds. The maximum Gasteiger partial charge on any atom is 0.193 e. The Morgan fingerprint density at radius 2 is 1.86 bits per heavy atom. The molecule has 0 atom stereocenters. The Labute approximate surface area is 135 Å². The van der Waals surface area contributed by atoms with Crippen molar-refractivity contribution >= 4 is 30.6 Å². The third-order valence-corrected chi connectivity index (χ3v) is 9.22. The van der Waals surface area contributed by atoms with Crippen LogP contribution in [0.4, 0.5) is 0 Å². The molecule has 0 fully saturated rings. The van der Waals surface area contributed by atoms with Gasteiger partial charge in [-0.3, -0.25) is 4.66 Å². The first kappa shape index (κ1) is 16.8. The molecule has 22 heavy (non-hydrogen) atoms. The van der Waals surface area contributed by atoms with Crippen LogP contribution in [0.15, 0.2) is 35.1 Å². The van der Waals surface area contributed by atoms with E-state index in [-0.39, 0.29) is 5.04 Å². The first-order chi connectivity index (χ1) is 10.2. The number of benzene rings is 1. The number of rotatable bonds is 3. The van der Waals surface area contributed by atoms with Crippen LogP contribution in [0.1, 0.15) is 39.7 Å². The molecule has 0 N–H and O–H groups in total. The van der Waals surface area contributed by atoms with Crippen LogP contribution in [-0.4, -0.2) is 18.7 Å². The van der Waals surface area contributed by atoms with Crippen molar-refractivity contribution in [3.05, 3.63) is 36.0 Å². The van der Waals surface area contributed by atoms with Gasteiger partial charge in [-0.05, 0) is 36.5 Å². The maximum absolute atomic E-state index is 4.93. The molecule has 0 saturated carbocycles. The fourth-order valence-electron chi connectivity index (χ4n) is 2.29. The molecule has 1 aromatic carbocycles. The molecular formula is C19H28N2Si. The Bertz CT molecular complexity index is 738. The lowest BCUT2D eigenvalue weighted by Crippen LogP contribution is -2.34. The summed E-state index contributed by atoms with van der Waals surface area (Å²) in [4.78, 5) is 0. The van der Waals surface area contributed by atoms with E-state index in [0.717, 1.165) is 6.42 Å². The van der Waals surface area contributed by atoms with Crippen molar-refractivity contribution in [3.8, 4) is 0 Å². The van der Waals surface area contributed by atoms with E-state index in [1.807, 2.05) is 0 Å². The Morgan fingerprint density at radius 1 is 1.23 bits per heavy atom. The van der Waals surface area contributed by atoms with Gasteiger partial charge in [0, 0.05) is 35.3 Å². The minimum absolute atomic E-state index is 0.248. The normalized spacial score (nSPS) is 12.3. The van der Waals surface area contributed by atoms with Gasteiger partial charge in [-0.2, -0.15) is 0 Å². The number of nitrogens with zero attached hydrogens (tertiary/aromatic N) is 2. The molecule has 1 heterocycles. The highest BCUT2D eigenvalue weighted by molar-refractivity contribution is 6.79. The fraction of sp³-hybridized carbons (Fsp3) is 0.474. The highest BCUT2D eigenvalue weighted by Gasteiger charge is 2.35. The van der Waals surface area contributed by atoms with E-state index in [4.69, 9.17) is 4.66 Å². The lowest BCUT2D eigenvalue weighted by atomic mass is 10.0. The lowest BCUT2D eigenvalue weighted by molar-refractivity contribution is 0.719. The van der Waals surface area contributed by atoms with E-state index in [0.29, 0.717) is 0 Å². The second-order valence-corrected chi connectivity index (χ2v) is 12.4. The third-order valence-electron chi connectivity index (χ3n) is 4.88. The van der Waals surface area contributed by atoms with Crippen LogP contribution >= 0.6 is 0 Å². The average Bonchev–Trinajstić information content (AvgIpc) is 2.76. The summed E-state index contributed by atoms with van der Waals surface area (Å²) in [5.41, 5.74) is 3.74. The van der Waals surface area contributed by atoms with Crippen molar-refractivity contribution in [1.82, 2.24) is 4.57 Å². The molecule has 0 saturated heterocycles. The summed E-state index contributed by atoms with van der Waals surface area (Å²) in [6, 6.07) is 8.54. The first-order valence-electron chi connectivity index (χ1n) is 8.05. The molecule has 0 unspecified atom stereocenters. The number of hydrogen-bond donors (Lipinski definition) is 0. The Hall–Kier alpha value is -1.57. The van der Waals surface area contributed by atoms with Crippen molar-refractivity contribution in [3.63, 3.8) is 0 Å². The molecule has 2 aromatic rings. The monoisotopic (exact) mass is 312 g/mol. The predicted octanol–water partition coefficient (Wildman–Crippen LogP) is 5.65. The van der Waals surface area contributed by atoms with Crippen LogP contribution in [-0.2, 0) is 7.05 Å². The topological polar surface area (TPSA) is 17.3 Å². The molecule has 118 valence electrons. The van der Waals surface area contributed by atoms with Crippen molar-refractivity contribution in [2.45, 2.75) is 52.2 Å². The van der Waals surface area contributed by atoms with Gasteiger partial charge in [0.25, 0.3) is 0 Å². The van der Waals surface area contributed by atoms with Crippen LogP contribution in [0.25, 0.3) is 16.5 Å². The van der Waals surface area contributed by atoms with E-state index >= 15 is 0 Å². The number of allylic oxidation sites excluding steroid dienone is 1. The smallest absolute Gasteiger partial charge is 0.193 e. The summed E-state index contributed by atoms with van der Waals surface area (Å²) >= 11 is 0. The zero-order valence-corrected chi connectivity index (χ0v) is 16.0. The van der Waals surface area contributed by atoms with Crippen molar-refractivity contribution in [2.24, 2.45) is 11.7 Å². The molecule has 0 radical (unpaired) electrons. The molecule has 2 nitrogen and oxygen atoms in total. The largest absolute Gasteiger partial charge is 0.350 e. The van der Waals surface area contributed by atoms with Gasteiger partial charge in [-0.1, -0.05) is 45.9 Å². The summed E-state index contributed by atoms with van der Waals surface area (Å²) in [7, 11) is 0.410. The molecule has 0 aliphatic heterocycles. The lowest BCUT2D eigenvalue weighted by Gasteiger charge is -2.31. The van der Waals surface area contributed by atoms with Crippen LogP contribution in [0.5, 0.6) is 0 Å². The Balaban J connectivity index is 2.59. The zero-order valence-electron chi connectivity index (χ0n) is 15.0. The molecule has 0 aliphatic rings. The van der Waals surface area contributed by atoms with Gasteiger partial charge in [-0.25, -0.2) is 0 Å². The number of aromatic nitrogens is 1. The Kier molecular flexibility index (Phi) is 4.51. The standard InChI is InChI=1S/C19H28N2Si/c1-8-15(13-20-22(6,7)19(2,3)4)17-14-21(5)18-12-10-9-11-16(17)18/h9-12,14H,8H2,1-7H3. The highest BCUT2D eigenvalue weighted by atomic mass is 28.3. The number of hydrogen-bond acceptors (Lipinski definition) is 1. The van der Waals surface area contributed by atoms with Gasteiger partial charge in [0.05, 0.1) is 0 Å². The van der Waals surface area contributed by atoms with E-state index in [1.165, 1.54) is 22.0 Å². The fourth-order valence-corrected chi connectivity index (χ4v) is 3.04. The molecule has 0 bridgehead atoms. The van der Waals surface area contributed by atoms with Gasteiger partial charge < -0.3 is 4.57 Å². The van der Waals surface area contributed by atoms with Gasteiger partial charge in [0.1, 0.15) is 0 Å². The second-order valence-electron chi connectivity index (χ2n) is 7.54. The zero-order chi connectivity index (χ0) is 16.5. The maximum atomic E-state index is 4.93. The highest BCUT2D eigenvalue weighted by Crippen LogP contribution is 2.36. The van der Waals surface area contributed by atoms with E-state index in [1.54, 1.807) is 0 Å². The van der Waals surface area contributed by atoms with Crippen LogP contribution in [0.3, 0.4) is 0 Å². The summed E-state index contributed by atoms with van der Waals surface area (Å²) in [5, 5.41) is 1.54. The molecule has 0 spiro atoms. The van der Waals surface area contributed by atoms with Gasteiger partial charge >= 0.3 is 0 Å². The summed E-state index contributed by atoms with van der Waals surface area (Å²) in [5.74, 6) is 3.43. The predicted molar refractivity (Wildman–Crippen MR) is 101 cm³/mol. The SMILES string of the molecule is CCC(=C=N[Si](C)(C)C(C)(C)C)c1cn(C)c2ccccc12. The summed E-state index contributed by atoms with van der Waals surface area (Å²) < 4.78 is 7.12. The second kappa shape index (κ2) is 5.90. The molecular weight excluding hydrogens is 284 g/mol. The molecule has 2 rings (SSSR count). The van der Waals surface area contributed by atoms with Crippen molar-refractivity contribution < 1.29 is 0 Å². The molecule has 1 aromatic heterocycles. The molecule has 3 heteroatoms. The summed E-state index contributed by atoms with van der Waals surface area (Å²) in [6.45, 7) is 13.7. The number of fused-ring (bicyclic) bond motifs is 1. The van der Waals surface area contributed by atoms with Crippen LogP contribution in [0.2, 0.25) is 18.1 Å². The minimum atomic E-state index is -1.69. The van der Waals surface area contributed by atoms with Gasteiger partial charge in [0.2, 0.25) is 0 Å². The third kappa shape index (κ3) is 3.11. The average molecular weight is 313 g/mol. The quantitative estimate of drug-likeness (QED) is 0.515. The number of para-hydroxylation sites is 1. The Morgan fingerprint density at radius 3 is 2.45 bits per heavy atom. The van der Waals surface area contributed by atoms with Gasteiger partial charge in [-0.15, -0.1) is 0 Å². The van der Waals surface area contributed by atoms with Crippen LogP contribution in [0, 0.1) is 0 Å². The van der Waals surface area contributed by atoms with E-state index in [2.05, 4.69) is 88.7 Å². The van der Waals surface area contributed by atoms with Crippen molar-refractivity contribution in [1.29, 1.82) is 0 Å². The summed E-state index contributed by atoms with van der Waals surface area (Å²) in [6.07, 6.45) is 3.16. The first-order valence-corrected chi connectivity index (χ1v) is 11.0. The van der Waals surface area contributed by atoms with Crippen molar-refractivity contribution in [2.75, 3.05) is 0 Å². The minimum Gasteiger partial charge on any atom is -0.350 e. The number of aryl methyl sites for hydroxylation is 1.